The predicted octanol–water partition coefficient (Wildman–Crippen LogP) is 5.75. The number of ether oxygens (including phenoxy) is 2. The largest absolute Gasteiger partial charge is 0.496 e. The molecule has 178 valence electrons. The van der Waals surface area contributed by atoms with Crippen LogP contribution in [0.3, 0.4) is 0 Å². The highest BCUT2D eigenvalue weighted by Crippen LogP contribution is 2.38. The number of methoxy groups -OCH3 is 2. The summed E-state index contributed by atoms with van der Waals surface area (Å²) in [6.07, 6.45) is -1.73. The smallest absolute Gasteiger partial charge is 0.391 e. The maximum Gasteiger partial charge on any atom is 0.391 e. The van der Waals surface area contributed by atoms with Crippen LogP contribution in [0, 0.1) is 12.8 Å². The third kappa shape index (κ3) is 4.35. The van der Waals surface area contributed by atoms with Gasteiger partial charge in [-0.2, -0.15) is 13.2 Å². The normalized spacial score (nSPS) is 12.7. The van der Waals surface area contributed by atoms with Gasteiger partial charge < -0.3 is 14.0 Å². The second-order valence-corrected chi connectivity index (χ2v) is 7.95. The summed E-state index contributed by atoms with van der Waals surface area (Å²) in [5.41, 5.74) is 3.47. The summed E-state index contributed by atoms with van der Waals surface area (Å²) in [6, 6.07) is 8.69. The van der Waals surface area contributed by atoms with Crippen molar-refractivity contribution in [1.82, 2.24) is 14.5 Å². The number of fused-ring (bicyclic) bond motifs is 1. The molecule has 3 aromatic heterocycles. The molecular formula is C24H22F3N3O4. The third-order valence-corrected chi connectivity index (χ3v) is 5.56. The Morgan fingerprint density at radius 1 is 1.12 bits per heavy atom. The minimum absolute atomic E-state index is 0.0263. The number of Topliss-reactive ketones (excluding diaryl/α,β-unsaturated/α-hetero) is 1. The fourth-order valence-corrected chi connectivity index (χ4v) is 3.68. The van der Waals surface area contributed by atoms with Gasteiger partial charge in [0, 0.05) is 29.8 Å². The summed E-state index contributed by atoms with van der Waals surface area (Å²) in [7, 11) is 2.70. The zero-order chi connectivity index (χ0) is 24.6. The molecule has 3 heterocycles. The Labute approximate surface area is 193 Å². The number of hydrogen-bond acceptors (Lipinski definition) is 6. The number of ketones is 1. The topological polar surface area (TPSA) is 78.9 Å². The number of aromatic nitrogens is 3. The van der Waals surface area contributed by atoms with E-state index >= 15 is 0 Å². The lowest BCUT2D eigenvalue weighted by Crippen LogP contribution is -2.23. The molecular weight excluding hydrogens is 451 g/mol. The molecule has 0 amide bonds. The van der Waals surface area contributed by atoms with E-state index in [4.69, 9.17) is 14.0 Å². The number of alkyl halides is 3. The van der Waals surface area contributed by atoms with Crippen LogP contribution in [0.2, 0.25) is 0 Å². The van der Waals surface area contributed by atoms with Gasteiger partial charge in [-0.3, -0.25) is 9.20 Å². The van der Waals surface area contributed by atoms with Crippen molar-refractivity contribution >= 4 is 11.4 Å². The van der Waals surface area contributed by atoms with Crippen LogP contribution in [0.1, 0.15) is 29.4 Å². The first-order chi connectivity index (χ1) is 16.1. The number of imidazole rings is 1. The molecule has 34 heavy (non-hydrogen) atoms. The monoisotopic (exact) mass is 473 g/mol. The summed E-state index contributed by atoms with van der Waals surface area (Å²) < 4.78 is 56.9. The molecule has 0 radical (unpaired) electrons. The SMILES string of the molecule is COc1cc(-c2cnc3cc(-c4cc(C)no4)ccn23)cc(OC)c1C(=O)C[C@@H](C)C(F)(F)F. The maximum absolute atomic E-state index is 13.0. The number of pyridine rings is 1. The Morgan fingerprint density at radius 2 is 1.79 bits per heavy atom. The molecule has 0 saturated carbocycles. The fraction of sp³-hybridized carbons (Fsp3) is 0.292. The van der Waals surface area contributed by atoms with E-state index in [1.54, 1.807) is 18.3 Å². The van der Waals surface area contributed by atoms with Gasteiger partial charge in [-0.1, -0.05) is 12.1 Å². The summed E-state index contributed by atoms with van der Waals surface area (Å²) >= 11 is 0. The third-order valence-electron chi connectivity index (χ3n) is 5.56. The van der Waals surface area contributed by atoms with E-state index in [-0.39, 0.29) is 17.1 Å². The summed E-state index contributed by atoms with van der Waals surface area (Å²) in [5, 5.41) is 3.90. The highest BCUT2D eigenvalue weighted by Gasteiger charge is 2.38. The standard InChI is InChI=1S/C24H22F3N3O4/c1-13(24(25,26)27)7-18(31)23-20(32-3)9-16(10-21(23)33-4)17-12-28-22-11-15(5-6-30(17)22)19-8-14(2)29-34-19/h5-6,8-13H,7H2,1-4H3/t13-/m1/s1. The van der Waals surface area contributed by atoms with E-state index in [0.29, 0.717) is 22.7 Å². The molecule has 0 spiro atoms. The number of hydrogen-bond donors (Lipinski definition) is 0. The van der Waals surface area contributed by atoms with Crippen LogP contribution in [-0.2, 0) is 0 Å². The molecule has 7 nitrogen and oxygen atoms in total. The molecule has 0 fully saturated rings. The predicted molar refractivity (Wildman–Crippen MR) is 118 cm³/mol. The molecule has 0 unspecified atom stereocenters. The molecule has 10 heteroatoms. The average Bonchev–Trinajstić information content (AvgIpc) is 3.43. The van der Waals surface area contributed by atoms with Crippen molar-refractivity contribution in [1.29, 1.82) is 0 Å². The highest BCUT2D eigenvalue weighted by atomic mass is 19.4. The number of carbonyl (C=O) groups excluding carboxylic acids is 1. The summed E-state index contributed by atoms with van der Waals surface area (Å²) in [6.45, 7) is 2.80. The molecule has 1 aromatic carbocycles. The Hall–Kier alpha value is -3.82. The number of aryl methyl sites for hydroxylation is 1. The Kier molecular flexibility index (Phi) is 6.07. The highest BCUT2D eigenvalue weighted by molar-refractivity contribution is 6.02. The first-order valence-corrected chi connectivity index (χ1v) is 10.4. The zero-order valence-corrected chi connectivity index (χ0v) is 18.9. The average molecular weight is 473 g/mol. The van der Waals surface area contributed by atoms with Crippen molar-refractivity contribution in [3.63, 3.8) is 0 Å². The van der Waals surface area contributed by atoms with Crippen LogP contribution in [-0.4, -0.2) is 40.7 Å². The van der Waals surface area contributed by atoms with E-state index in [1.807, 2.05) is 35.7 Å². The minimum atomic E-state index is -4.48. The Morgan fingerprint density at radius 3 is 2.35 bits per heavy atom. The Bertz CT molecular complexity index is 1330. The number of benzene rings is 1. The van der Waals surface area contributed by atoms with Gasteiger partial charge in [0.15, 0.2) is 11.5 Å². The molecule has 0 aliphatic heterocycles. The quantitative estimate of drug-likeness (QED) is 0.318. The Balaban J connectivity index is 1.74. The molecule has 0 aliphatic rings. The van der Waals surface area contributed by atoms with E-state index in [2.05, 4.69) is 10.1 Å². The molecule has 0 N–H and O–H groups in total. The van der Waals surface area contributed by atoms with Crippen LogP contribution < -0.4 is 9.47 Å². The summed E-state index contributed by atoms with van der Waals surface area (Å²) in [5.74, 6) is -1.65. The van der Waals surface area contributed by atoms with Crippen LogP contribution in [0.5, 0.6) is 11.5 Å². The van der Waals surface area contributed by atoms with E-state index in [1.165, 1.54) is 14.2 Å². The van der Waals surface area contributed by atoms with Gasteiger partial charge in [-0.25, -0.2) is 4.98 Å². The van der Waals surface area contributed by atoms with Crippen molar-refractivity contribution in [2.24, 2.45) is 5.92 Å². The van der Waals surface area contributed by atoms with Gasteiger partial charge in [0.05, 0.1) is 37.7 Å². The van der Waals surface area contributed by atoms with Crippen molar-refractivity contribution in [2.45, 2.75) is 26.4 Å². The van der Waals surface area contributed by atoms with Gasteiger partial charge in [0.2, 0.25) is 0 Å². The summed E-state index contributed by atoms with van der Waals surface area (Å²) in [4.78, 5) is 17.2. The van der Waals surface area contributed by atoms with Gasteiger partial charge >= 0.3 is 6.18 Å². The lowest BCUT2D eigenvalue weighted by molar-refractivity contribution is -0.168. The van der Waals surface area contributed by atoms with Crippen LogP contribution in [0.25, 0.3) is 28.2 Å². The van der Waals surface area contributed by atoms with E-state index in [9.17, 15) is 18.0 Å². The lowest BCUT2D eigenvalue weighted by atomic mass is 9.96. The first-order valence-electron chi connectivity index (χ1n) is 10.4. The fourth-order valence-electron chi connectivity index (χ4n) is 3.68. The van der Waals surface area contributed by atoms with Crippen molar-refractivity contribution < 1.29 is 32.0 Å². The van der Waals surface area contributed by atoms with Crippen LogP contribution in [0.15, 0.2) is 47.2 Å². The molecule has 1 atom stereocenters. The van der Waals surface area contributed by atoms with Gasteiger partial charge in [-0.05, 0) is 31.2 Å². The van der Waals surface area contributed by atoms with Gasteiger partial charge in [-0.15, -0.1) is 0 Å². The molecule has 0 saturated heterocycles. The minimum Gasteiger partial charge on any atom is -0.496 e. The van der Waals surface area contributed by atoms with Crippen molar-refractivity contribution in [3.8, 4) is 34.1 Å². The second-order valence-electron chi connectivity index (χ2n) is 7.95. The van der Waals surface area contributed by atoms with Crippen molar-refractivity contribution in [3.05, 3.63) is 54.0 Å². The van der Waals surface area contributed by atoms with E-state index in [0.717, 1.165) is 18.2 Å². The zero-order valence-electron chi connectivity index (χ0n) is 18.9. The molecule has 0 bridgehead atoms. The number of rotatable bonds is 7. The first kappa shape index (κ1) is 23.3. The molecule has 0 aliphatic carbocycles. The van der Waals surface area contributed by atoms with E-state index < -0.39 is 24.3 Å². The maximum atomic E-state index is 13.0. The van der Waals surface area contributed by atoms with Crippen molar-refractivity contribution in [2.75, 3.05) is 14.2 Å². The van der Waals surface area contributed by atoms with Gasteiger partial charge in [0.1, 0.15) is 22.7 Å². The number of carbonyl (C=O) groups is 1. The second kappa shape index (κ2) is 8.85. The number of halogens is 3. The van der Waals surface area contributed by atoms with Crippen LogP contribution in [0.4, 0.5) is 13.2 Å². The van der Waals surface area contributed by atoms with Gasteiger partial charge in [0.25, 0.3) is 0 Å². The molecule has 4 rings (SSSR count). The lowest BCUT2D eigenvalue weighted by Gasteiger charge is -2.18. The molecule has 4 aromatic rings. The number of nitrogens with zero attached hydrogens (tertiary/aromatic N) is 3. The van der Waals surface area contributed by atoms with Crippen LogP contribution >= 0.6 is 0 Å².